The molecule has 0 saturated carbocycles. The zero-order chi connectivity index (χ0) is 18.1. The average molecular weight is 355 g/mol. The van der Waals surface area contributed by atoms with Gasteiger partial charge in [-0.3, -0.25) is 9.69 Å². The number of benzene rings is 1. The van der Waals surface area contributed by atoms with Gasteiger partial charge < -0.3 is 20.9 Å². The molecule has 6 heteroatoms. The van der Waals surface area contributed by atoms with E-state index in [0.29, 0.717) is 30.0 Å². The fourth-order valence-electron chi connectivity index (χ4n) is 4.27. The van der Waals surface area contributed by atoms with Crippen molar-refractivity contribution < 1.29 is 14.3 Å². The van der Waals surface area contributed by atoms with Gasteiger partial charge in [-0.05, 0) is 50.2 Å². The van der Waals surface area contributed by atoms with Gasteiger partial charge in [0.15, 0.2) is 5.60 Å². The van der Waals surface area contributed by atoms with Gasteiger partial charge in [-0.15, -0.1) is 0 Å². The summed E-state index contributed by atoms with van der Waals surface area (Å²) in [7, 11) is 0. The van der Waals surface area contributed by atoms with E-state index in [-0.39, 0.29) is 0 Å². The number of amides is 1. The summed E-state index contributed by atoms with van der Waals surface area (Å²) in [4.78, 5) is 14.3. The Morgan fingerprint density at radius 2 is 2.08 bits per heavy atom. The smallest absolute Gasteiger partial charge is 0.249 e. The number of carbonyl (C=O) groups is 1. The number of carbonyl (C=O) groups excluding carboxylic acids is 1. The monoisotopic (exact) mass is 355 g/mol. The third-order valence-electron chi connectivity index (χ3n) is 5.58. The van der Waals surface area contributed by atoms with Gasteiger partial charge in [0.1, 0.15) is 12.4 Å². The number of hydrogen-bond donors (Lipinski definition) is 2. The topological polar surface area (TPSA) is 90.8 Å². The molecule has 1 fully saturated rings. The molecule has 0 radical (unpaired) electrons. The van der Waals surface area contributed by atoms with Gasteiger partial charge in [-0.1, -0.05) is 12.5 Å². The van der Waals surface area contributed by atoms with E-state index in [1.54, 1.807) is 18.4 Å². The van der Waals surface area contributed by atoms with Gasteiger partial charge in [-0.25, -0.2) is 0 Å². The Labute approximate surface area is 153 Å². The van der Waals surface area contributed by atoms with Crippen LogP contribution >= 0.6 is 0 Å². The normalized spacial score (nSPS) is 28.0. The lowest BCUT2D eigenvalue weighted by Crippen LogP contribution is -2.53. The van der Waals surface area contributed by atoms with Gasteiger partial charge in [0.25, 0.3) is 0 Å². The molecule has 2 unspecified atom stereocenters. The van der Waals surface area contributed by atoms with Gasteiger partial charge in [-0.2, -0.15) is 0 Å². The molecule has 138 valence electrons. The average Bonchev–Trinajstić information content (AvgIpc) is 2.96. The van der Waals surface area contributed by atoms with E-state index < -0.39 is 17.6 Å². The summed E-state index contributed by atoms with van der Waals surface area (Å²) in [5, 5.41) is 0. The first-order valence-electron chi connectivity index (χ1n) is 9.20. The maximum atomic E-state index is 11.9. The molecule has 4 rings (SSSR count). The summed E-state index contributed by atoms with van der Waals surface area (Å²) < 4.78 is 11.8. The van der Waals surface area contributed by atoms with Crippen LogP contribution in [0.1, 0.15) is 41.2 Å². The van der Waals surface area contributed by atoms with Crippen LogP contribution in [0.3, 0.4) is 0 Å². The zero-order valence-electron chi connectivity index (χ0n) is 14.8. The number of hydrogen-bond acceptors (Lipinski definition) is 5. The zero-order valence-corrected chi connectivity index (χ0v) is 14.8. The first-order chi connectivity index (χ1) is 12.6. The Morgan fingerprint density at radius 3 is 2.77 bits per heavy atom. The molecule has 2 atom stereocenters. The van der Waals surface area contributed by atoms with Crippen LogP contribution in [-0.2, 0) is 4.74 Å². The Hall–Kier alpha value is -2.31. The minimum Gasteiger partial charge on any atom is -0.497 e. The number of primary amides is 1. The molecule has 1 aromatic carbocycles. The first-order valence-corrected chi connectivity index (χ1v) is 9.20. The van der Waals surface area contributed by atoms with Crippen molar-refractivity contribution in [3.63, 3.8) is 0 Å². The van der Waals surface area contributed by atoms with Crippen LogP contribution in [0.5, 0.6) is 5.75 Å². The van der Waals surface area contributed by atoms with E-state index in [1.165, 1.54) is 19.3 Å². The molecule has 4 N–H and O–H groups in total. The fourth-order valence-corrected chi connectivity index (χ4v) is 4.27. The predicted octanol–water partition coefficient (Wildman–Crippen LogP) is 1.87. The molecule has 3 aliphatic rings. The standard InChI is InChI=1S/C20H25N3O3/c21-18-17-15(19(22)24)5-4-6-16(17)26-20(18,14-7-11-25-12-8-14)13-23-9-2-1-3-10-23/h4-8,11,18H,1-3,9-10,12-13,21H2,(H2,22,24). The third kappa shape index (κ3) is 2.79. The van der Waals surface area contributed by atoms with Gasteiger partial charge >= 0.3 is 0 Å². The van der Waals surface area contributed by atoms with Crippen molar-refractivity contribution in [3.05, 3.63) is 53.3 Å². The second kappa shape index (κ2) is 6.78. The Balaban J connectivity index is 1.76. The number of nitrogens with two attached hydrogens (primary N) is 2. The predicted molar refractivity (Wildman–Crippen MR) is 98.7 cm³/mol. The maximum absolute atomic E-state index is 11.9. The fraction of sp³-hybridized carbons (Fsp3) is 0.450. The van der Waals surface area contributed by atoms with Crippen LogP contribution in [0, 0.1) is 0 Å². The Morgan fingerprint density at radius 1 is 1.27 bits per heavy atom. The molecule has 1 amide bonds. The number of likely N-dealkylation sites (tertiary alicyclic amines) is 1. The van der Waals surface area contributed by atoms with Crippen LogP contribution in [0.2, 0.25) is 0 Å². The lowest BCUT2D eigenvalue weighted by molar-refractivity contribution is 0.0520. The van der Waals surface area contributed by atoms with Crippen molar-refractivity contribution in [2.45, 2.75) is 30.9 Å². The minimum atomic E-state index is -0.745. The van der Waals surface area contributed by atoms with E-state index in [0.717, 1.165) is 18.7 Å². The quantitative estimate of drug-likeness (QED) is 0.860. The molecular formula is C20H25N3O3. The lowest BCUT2D eigenvalue weighted by Gasteiger charge is -2.40. The van der Waals surface area contributed by atoms with Crippen LogP contribution in [-0.4, -0.2) is 42.6 Å². The summed E-state index contributed by atoms with van der Waals surface area (Å²) in [6, 6.07) is 4.90. The van der Waals surface area contributed by atoms with E-state index in [9.17, 15) is 4.79 Å². The molecule has 3 aliphatic heterocycles. The number of fused-ring (bicyclic) bond motifs is 1. The number of nitrogens with zero attached hydrogens (tertiary/aromatic N) is 1. The molecule has 6 nitrogen and oxygen atoms in total. The first kappa shape index (κ1) is 17.1. The van der Waals surface area contributed by atoms with E-state index in [1.807, 2.05) is 18.2 Å². The molecule has 0 bridgehead atoms. The van der Waals surface area contributed by atoms with Crippen molar-refractivity contribution in [2.24, 2.45) is 11.5 Å². The van der Waals surface area contributed by atoms with Gasteiger partial charge in [0.2, 0.25) is 5.91 Å². The highest BCUT2D eigenvalue weighted by Gasteiger charge is 2.51. The van der Waals surface area contributed by atoms with Crippen LogP contribution in [0.15, 0.2) is 42.2 Å². The van der Waals surface area contributed by atoms with Crippen molar-refractivity contribution in [1.82, 2.24) is 4.90 Å². The summed E-state index contributed by atoms with van der Waals surface area (Å²) >= 11 is 0. The summed E-state index contributed by atoms with van der Waals surface area (Å²) in [5.74, 6) is 0.165. The highest BCUT2D eigenvalue weighted by Crippen LogP contribution is 2.48. The molecule has 0 aromatic heterocycles. The van der Waals surface area contributed by atoms with Crippen molar-refractivity contribution in [1.29, 1.82) is 0 Å². The number of ether oxygens (including phenoxy) is 2. The van der Waals surface area contributed by atoms with Crippen molar-refractivity contribution in [2.75, 3.05) is 26.2 Å². The van der Waals surface area contributed by atoms with Crippen LogP contribution < -0.4 is 16.2 Å². The number of piperidine rings is 1. The molecule has 26 heavy (non-hydrogen) atoms. The molecule has 0 aliphatic carbocycles. The second-order valence-corrected chi connectivity index (χ2v) is 7.18. The SMILES string of the molecule is NC(=O)c1cccc2c1C(N)C(CN1CCCCC1)(C1=CCOC=C1)O2. The van der Waals surface area contributed by atoms with E-state index in [4.69, 9.17) is 20.9 Å². The molecule has 1 aromatic rings. The molecular weight excluding hydrogens is 330 g/mol. The third-order valence-corrected chi connectivity index (χ3v) is 5.58. The second-order valence-electron chi connectivity index (χ2n) is 7.18. The summed E-state index contributed by atoms with van der Waals surface area (Å²) in [5.41, 5.74) is 13.7. The van der Waals surface area contributed by atoms with Crippen LogP contribution in [0.4, 0.5) is 0 Å². The highest BCUT2D eigenvalue weighted by atomic mass is 16.5. The molecule has 3 heterocycles. The Bertz CT molecular complexity index is 768. The summed E-state index contributed by atoms with van der Waals surface area (Å²) in [6.07, 6.45) is 9.24. The highest BCUT2D eigenvalue weighted by molar-refractivity contribution is 5.95. The van der Waals surface area contributed by atoms with Crippen molar-refractivity contribution >= 4 is 5.91 Å². The molecule has 1 saturated heterocycles. The largest absolute Gasteiger partial charge is 0.497 e. The lowest BCUT2D eigenvalue weighted by atomic mass is 9.81. The molecule has 0 spiro atoms. The minimum absolute atomic E-state index is 0.437. The van der Waals surface area contributed by atoms with Gasteiger partial charge in [0, 0.05) is 23.2 Å². The number of rotatable bonds is 4. The summed E-state index contributed by atoms with van der Waals surface area (Å²) in [6.45, 7) is 3.23. The van der Waals surface area contributed by atoms with Gasteiger partial charge in [0.05, 0.1) is 12.3 Å². The van der Waals surface area contributed by atoms with Crippen molar-refractivity contribution in [3.8, 4) is 5.75 Å². The Kier molecular flexibility index (Phi) is 4.46. The van der Waals surface area contributed by atoms with E-state index in [2.05, 4.69) is 4.90 Å². The van der Waals surface area contributed by atoms with Crippen LogP contribution in [0.25, 0.3) is 0 Å². The van der Waals surface area contributed by atoms with E-state index >= 15 is 0 Å². The maximum Gasteiger partial charge on any atom is 0.249 e.